The predicted octanol–water partition coefficient (Wildman–Crippen LogP) is 5.41. The monoisotopic (exact) mass is 489 g/mol. The van der Waals surface area contributed by atoms with Crippen LogP contribution in [0.25, 0.3) is 21.9 Å². The molecule has 0 radical (unpaired) electrons. The summed E-state index contributed by atoms with van der Waals surface area (Å²) in [6, 6.07) is 10.2. The van der Waals surface area contributed by atoms with Crippen molar-refractivity contribution in [2.45, 2.75) is 39.4 Å². The number of hydrogen-bond acceptors (Lipinski definition) is 6. The molecule has 180 valence electrons. The van der Waals surface area contributed by atoms with Gasteiger partial charge in [0.05, 0.1) is 23.3 Å². The fourth-order valence-corrected chi connectivity index (χ4v) is 4.83. The van der Waals surface area contributed by atoms with Crippen LogP contribution < -0.4 is 5.32 Å². The summed E-state index contributed by atoms with van der Waals surface area (Å²) in [4.78, 5) is 26.5. The summed E-state index contributed by atoms with van der Waals surface area (Å²) in [7, 11) is 0. The van der Waals surface area contributed by atoms with Gasteiger partial charge in [0.25, 0.3) is 0 Å². The summed E-state index contributed by atoms with van der Waals surface area (Å²) in [6.45, 7) is 7.27. The van der Waals surface area contributed by atoms with E-state index in [0.717, 1.165) is 39.9 Å². The molecule has 9 nitrogen and oxygen atoms in total. The van der Waals surface area contributed by atoms with Crippen molar-refractivity contribution in [3.8, 4) is 0 Å². The van der Waals surface area contributed by atoms with E-state index in [1.165, 1.54) is 11.2 Å². The van der Waals surface area contributed by atoms with Gasteiger partial charge in [0.15, 0.2) is 5.82 Å². The van der Waals surface area contributed by atoms with Gasteiger partial charge in [-0.2, -0.15) is 0 Å². The molecular formula is C25H27N7O2S. The maximum absolute atomic E-state index is 11.7. The van der Waals surface area contributed by atoms with Crippen LogP contribution in [0.3, 0.4) is 0 Å². The van der Waals surface area contributed by atoms with Crippen LogP contribution in [0.15, 0.2) is 59.9 Å². The van der Waals surface area contributed by atoms with Gasteiger partial charge in [-0.05, 0) is 51.1 Å². The summed E-state index contributed by atoms with van der Waals surface area (Å²) >= 11 is 1.60. The first-order valence-corrected chi connectivity index (χ1v) is 12.3. The summed E-state index contributed by atoms with van der Waals surface area (Å²) in [6.07, 6.45) is 4.61. The Morgan fingerprint density at radius 3 is 2.69 bits per heavy atom. The average Bonchev–Trinajstić information content (AvgIpc) is 3.54. The van der Waals surface area contributed by atoms with Crippen molar-refractivity contribution in [3.05, 3.63) is 65.6 Å². The molecule has 1 aromatic carbocycles. The van der Waals surface area contributed by atoms with Crippen LogP contribution >= 0.6 is 11.3 Å². The van der Waals surface area contributed by atoms with Gasteiger partial charge in [-0.25, -0.2) is 19.7 Å². The number of rotatable bonds is 7. The van der Waals surface area contributed by atoms with Crippen LogP contribution in [0.4, 0.5) is 16.3 Å². The van der Waals surface area contributed by atoms with Crippen molar-refractivity contribution in [2.24, 2.45) is 0 Å². The largest absolute Gasteiger partial charge is 0.465 e. The van der Waals surface area contributed by atoms with E-state index in [-0.39, 0.29) is 0 Å². The summed E-state index contributed by atoms with van der Waals surface area (Å²) in [5.41, 5.74) is 6.10. The molecular weight excluding hydrogens is 462 g/mol. The number of carbonyl (C=O) groups is 1. The molecule has 4 heterocycles. The minimum atomic E-state index is -0.932. The molecule has 10 heteroatoms. The Morgan fingerprint density at radius 1 is 1.11 bits per heavy atom. The number of amides is 1. The average molecular weight is 490 g/mol. The topological polar surface area (TPSA) is 101 Å². The molecule has 4 aromatic heterocycles. The smallest absolute Gasteiger partial charge is 0.407 e. The first-order valence-electron chi connectivity index (χ1n) is 11.3. The Kier molecular flexibility index (Phi) is 5.89. The summed E-state index contributed by atoms with van der Waals surface area (Å²) in [5.74, 6) is 0.680. The molecule has 0 fully saturated rings. The molecule has 0 aliphatic carbocycles. The van der Waals surface area contributed by atoms with Crippen molar-refractivity contribution < 1.29 is 9.90 Å². The Morgan fingerprint density at radius 2 is 1.94 bits per heavy atom. The van der Waals surface area contributed by atoms with Crippen molar-refractivity contribution >= 4 is 50.9 Å². The van der Waals surface area contributed by atoms with Gasteiger partial charge in [0.2, 0.25) is 0 Å². The maximum Gasteiger partial charge on any atom is 0.407 e. The van der Waals surface area contributed by atoms with Crippen LogP contribution in [-0.2, 0) is 13.1 Å². The molecule has 5 rings (SSSR count). The van der Waals surface area contributed by atoms with Gasteiger partial charge < -0.3 is 24.5 Å². The number of benzene rings is 1. The molecule has 0 saturated heterocycles. The zero-order chi connectivity index (χ0) is 24.6. The zero-order valence-electron chi connectivity index (χ0n) is 19.8. The third-order valence-electron chi connectivity index (χ3n) is 6.00. The number of carboxylic acid groups (broad SMARTS) is 1. The third kappa shape index (κ3) is 4.69. The van der Waals surface area contributed by atoms with Crippen molar-refractivity contribution in [3.63, 3.8) is 0 Å². The lowest BCUT2D eigenvalue weighted by atomic mass is 10.1. The molecule has 0 bridgehead atoms. The van der Waals surface area contributed by atoms with Gasteiger partial charge in [0, 0.05) is 53.0 Å². The Balaban J connectivity index is 1.40. The predicted molar refractivity (Wildman–Crippen MR) is 138 cm³/mol. The molecule has 0 spiro atoms. The fraction of sp³-hybridized carbons (Fsp3) is 0.280. The van der Waals surface area contributed by atoms with Crippen molar-refractivity contribution in [1.82, 2.24) is 29.0 Å². The van der Waals surface area contributed by atoms with E-state index >= 15 is 0 Å². The lowest BCUT2D eigenvalue weighted by Crippen LogP contribution is -2.46. The molecule has 5 aromatic rings. The standard InChI is InChI=1S/C25H27N7O2S/c1-25(2,3)32(24(33)34)11-10-30-9-7-20-22(30)23(27-15-26-20)29-18-4-5-21-17(12-18)6-8-31(21)13-19-14-35-16-28-19/h4-9,12,14-16H,10-11,13H2,1-3H3,(H,33,34)(H,26,27,29). The Bertz CT molecular complexity index is 1480. The van der Waals surface area contributed by atoms with E-state index in [2.05, 4.69) is 54.6 Å². The van der Waals surface area contributed by atoms with Crippen LogP contribution in [-0.4, -0.2) is 52.3 Å². The number of anilines is 2. The van der Waals surface area contributed by atoms with E-state index in [4.69, 9.17) is 0 Å². The number of nitrogens with one attached hydrogen (secondary N) is 1. The molecule has 0 aliphatic heterocycles. The highest BCUT2D eigenvalue weighted by Gasteiger charge is 2.26. The number of hydrogen-bond donors (Lipinski definition) is 2. The van der Waals surface area contributed by atoms with Crippen molar-refractivity contribution in [2.75, 3.05) is 11.9 Å². The molecule has 0 aliphatic rings. The normalized spacial score (nSPS) is 11.9. The van der Waals surface area contributed by atoms with Crippen LogP contribution in [0, 0.1) is 0 Å². The van der Waals surface area contributed by atoms with Crippen LogP contribution in [0.1, 0.15) is 26.5 Å². The Hall–Kier alpha value is -3.92. The maximum atomic E-state index is 11.7. The van der Waals surface area contributed by atoms with Gasteiger partial charge >= 0.3 is 6.09 Å². The first kappa shape index (κ1) is 22.9. The highest BCUT2D eigenvalue weighted by atomic mass is 32.1. The van der Waals surface area contributed by atoms with Gasteiger partial charge in [-0.1, -0.05) is 0 Å². The zero-order valence-corrected chi connectivity index (χ0v) is 20.7. The van der Waals surface area contributed by atoms with Gasteiger partial charge in [-0.3, -0.25) is 0 Å². The molecule has 2 N–H and O–H groups in total. The second-order valence-electron chi connectivity index (χ2n) is 9.39. The second kappa shape index (κ2) is 9.03. The highest BCUT2D eigenvalue weighted by Crippen LogP contribution is 2.27. The fourth-order valence-electron chi connectivity index (χ4n) is 4.28. The minimum absolute atomic E-state index is 0.357. The SMILES string of the molecule is CC(C)(C)N(CCn1ccc2ncnc(Nc3ccc4c(ccn4Cc4cscn4)c3)c21)C(=O)O. The minimum Gasteiger partial charge on any atom is -0.465 e. The molecule has 35 heavy (non-hydrogen) atoms. The van der Waals surface area contributed by atoms with Gasteiger partial charge in [-0.15, -0.1) is 11.3 Å². The first-order chi connectivity index (χ1) is 16.8. The van der Waals surface area contributed by atoms with E-state index in [9.17, 15) is 9.90 Å². The number of fused-ring (bicyclic) bond motifs is 2. The van der Waals surface area contributed by atoms with E-state index in [1.54, 1.807) is 11.3 Å². The van der Waals surface area contributed by atoms with E-state index in [0.29, 0.717) is 18.9 Å². The molecule has 0 saturated carbocycles. The lowest BCUT2D eigenvalue weighted by molar-refractivity contribution is 0.0981. The van der Waals surface area contributed by atoms with E-state index in [1.807, 2.05) is 49.2 Å². The number of thiazole rings is 1. The van der Waals surface area contributed by atoms with Crippen molar-refractivity contribution in [1.29, 1.82) is 0 Å². The highest BCUT2D eigenvalue weighted by molar-refractivity contribution is 7.07. The summed E-state index contributed by atoms with van der Waals surface area (Å²) < 4.78 is 4.19. The number of nitrogens with zero attached hydrogens (tertiary/aromatic N) is 6. The molecule has 0 atom stereocenters. The van der Waals surface area contributed by atoms with Crippen LogP contribution in [0.2, 0.25) is 0 Å². The van der Waals surface area contributed by atoms with Gasteiger partial charge in [0.1, 0.15) is 11.8 Å². The quantitative estimate of drug-likeness (QED) is 0.317. The second-order valence-corrected chi connectivity index (χ2v) is 10.1. The molecule has 1 amide bonds. The Labute approximate surface area is 206 Å². The lowest BCUT2D eigenvalue weighted by Gasteiger charge is -2.33. The van der Waals surface area contributed by atoms with E-state index < -0.39 is 11.6 Å². The number of aromatic nitrogens is 5. The summed E-state index contributed by atoms with van der Waals surface area (Å²) in [5, 5.41) is 16.3. The molecule has 0 unspecified atom stereocenters. The van der Waals surface area contributed by atoms with Crippen LogP contribution in [0.5, 0.6) is 0 Å². The third-order valence-corrected chi connectivity index (χ3v) is 6.64.